The van der Waals surface area contributed by atoms with Gasteiger partial charge >= 0.3 is 0 Å². The molecule has 1 aromatic rings. The van der Waals surface area contributed by atoms with Crippen molar-refractivity contribution in [3.05, 3.63) is 16.1 Å². The van der Waals surface area contributed by atoms with Crippen LogP contribution in [0.25, 0.3) is 0 Å². The first-order chi connectivity index (χ1) is 7.04. The Kier molecular flexibility index (Phi) is 4.70. The molecule has 0 fully saturated rings. The summed E-state index contributed by atoms with van der Waals surface area (Å²) in [6.45, 7) is 8.36. The normalized spacial score (nSPS) is 17.4. The smallest absolute Gasteiger partial charge is 0.0898 e. The van der Waals surface area contributed by atoms with Crippen molar-refractivity contribution in [2.45, 2.75) is 45.9 Å². The molecule has 0 amide bonds. The maximum atomic E-state index is 5.27. The number of rotatable bonds is 5. The molecular weight excluding hydrogens is 208 g/mol. The summed E-state index contributed by atoms with van der Waals surface area (Å²) < 4.78 is 5.27. The quantitative estimate of drug-likeness (QED) is 0.841. The lowest BCUT2D eigenvalue weighted by Crippen LogP contribution is -2.38. The van der Waals surface area contributed by atoms with E-state index in [0.29, 0.717) is 6.04 Å². The summed E-state index contributed by atoms with van der Waals surface area (Å²) in [4.78, 5) is 4.46. The fourth-order valence-corrected chi connectivity index (χ4v) is 2.10. The number of nitrogens with one attached hydrogen (secondary N) is 1. The number of aryl methyl sites for hydroxylation is 1. The van der Waals surface area contributed by atoms with Gasteiger partial charge in [0.1, 0.15) is 0 Å². The molecule has 3 nitrogen and oxygen atoms in total. The molecule has 0 saturated carbocycles. The van der Waals surface area contributed by atoms with Crippen LogP contribution in [-0.4, -0.2) is 24.2 Å². The first kappa shape index (κ1) is 12.6. The Morgan fingerprint density at radius 3 is 2.53 bits per heavy atom. The largest absolute Gasteiger partial charge is 0.380 e. The number of ether oxygens (including phenoxy) is 1. The van der Waals surface area contributed by atoms with E-state index in [2.05, 4.69) is 36.5 Å². The molecule has 0 aliphatic carbocycles. The van der Waals surface area contributed by atoms with Gasteiger partial charge in [-0.05, 0) is 27.7 Å². The molecule has 3 atom stereocenters. The second-order valence-corrected chi connectivity index (χ2v) is 4.97. The minimum absolute atomic E-state index is 0.215. The van der Waals surface area contributed by atoms with Crippen molar-refractivity contribution >= 4 is 11.3 Å². The molecule has 0 aromatic carbocycles. The first-order valence-electron chi connectivity index (χ1n) is 5.25. The SMILES string of the molecule is COC(C)C(C)NC(C)c1csc(C)n1. The van der Waals surface area contributed by atoms with Crippen LogP contribution in [0.5, 0.6) is 0 Å². The van der Waals surface area contributed by atoms with E-state index in [1.165, 1.54) is 0 Å². The molecule has 0 aliphatic rings. The van der Waals surface area contributed by atoms with Crippen LogP contribution < -0.4 is 5.32 Å². The minimum Gasteiger partial charge on any atom is -0.380 e. The topological polar surface area (TPSA) is 34.1 Å². The number of aromatic nitrogens is 1. The number of hydrogen-bond acceptors (Lipinski definition) is 4. The second-order valence-electron chi connectivity index (χ2n) is 3.91. The van der Waals surface area contributed by atoms with Gasteiger partial charge in [0.15, 0.2) is 0 Å². The maximum Gasteiger partial charge on any atom is 0.0898 e. The summed E-state index contributed by atoms with van der Waals surface area (Å²) in [6.07, 6.45) is 0.215. The fraction of sp³-hybridized carbons (Fsp3) is 0.727. The summed E-state index contributed by atoms with van der Waals surface area (Å²) in [5.41, 5.74) is 1.12. The highest BCUT2D eigenvalue weighted by molar-refractivity contribution is 7.09. The molecule has 1 N–H and O–H groups in total. The van der Waals surface area contributed by atoms with E-state index >= 15 is 0 Å². The average molecular weight is 228 g/mol. The Morgan fingerprint density at radius 2 is 2.07 bits per heavy atom. The van der Waals surface area contributed by atoms with Crippen LogP contribution in [0, 0.1) is 6.92 Å². The van der Waals surface area contributed by atoms with Gasteiger partial charge in [0, 0.05) is 24.6 Å². The van der Waals surface area contributed by atoms with Gasteiger partial charge in [0.2, 0.25) is 0 Å². The number of nitrogens with zero attached hydrogens (tertiary/aromatic N) is 1. The van der Waals surface area contributed by atoms with E-state index in [-0.39, 0.29) is 12.1 Å². The molecule has 3 unspecified atom stereocenters. The van der Waals surface area contributed by atoms with Crippen molar-refractivity contribution in [1.29, 1.82) is 0 Å². The lowest BCUT2D eigenvalue weighted by atomic mass is 10.1. The van der Waals surface area contributed by atoms with Crippen molar-refractivity contribution in [2.75, 3.05) is 7.11 Å². The monoisotopic (exact) mass is 228 g/mol. The fourth-order valence-electron chi connectivity index (χ4n) is 1.40. The third-order valence-electron chi connectivity index (χ3n) is 2.67. The molecule has 15 heavy (non-hydrogen) atoms. The summed E-state index contributed by atoms with van der Waals surface area (Å²) in [6, 6.07) is 0.606. The molecule has 0 spiro atoms. The Bertz CT molecular complexity index is 301. The molecule has 0 saturated heterocycles. The highest BCUT2D eigenvalue weighted by atomic mass is 32.1. The molecule has 0 bridgehead atoms. The second kappa shape index (κ2) is 5.58. The van der Waals surface area contributed by atoms with Gasteiger partial charge in [0.25, 0.3) is 0 Å². The summed E-state index contributed by atoms with van der Waals surface area (Å²) in [5, 5.41) is 6.70. The Hall–Kier alpha value is -0.450. The molecular formula is C11H20N2OS. The predicted octanol–water partition coefficient (Wildman–Crippen LogP) is 2.53. The molecule has 0 aliphatic heterocycles. The minimum atomic E-state index is 0.215. The highest BCUT2D eigenvalue weighted by Gasteiger charge is 2.16. The van der Waals surface area contributed by atoms with Crippen molar-refractivity contribution < 1.29 is 4.74 Å². The number of thiazole rings is 1. The van der Waals surface area contributed by atoms with Gasteiger partial charge in [-0.15, -0.1) is 11.3 Å². The van der Waals surface area contributed by atoms with Crippen molar-refractivity contribution in [2.24, 2.45) is 0 Å². The molecule has 1 heterocycles. The van der Waals surface area contributed by atoms with E-state index in [9.17, 15) is 0 Å². The van der Waals surface area contributed by atoms with Crippen molar-refractivity contribution in [1.82, 2.24) is 10.3 Å². The van der Waals surface area contributed by atoms with Crippen LogP contribution in [0.3, 0.4) is 0 Å². The van der Waals surface area contributed by atoms with Crippen LogP contribution >= 0.6 is 11.3 Å². The Balaban J connectivity index is 2.52. The zero-order chi connectivity index (χ0) is 11.4. The zero-order valence-corrected chi connectivity index (χ0v) is 10.9. The maximum absolute atomic E-state index is 5.27. The van der Waals surface area contributed by atoms with E-state index in [0.717, 1.165) is 10.7 Å². The third kappa shape index (κ3) is 3.55. The number of hydrogen-bond donors (Lipinski definition) is 1. The van der Waals surface area contributed by atoms with E-state index in [1.807, 2.05) is 6.92 Å². The molecule has 86 valence electrons. The highest BCUT2D eigenvalue weighted by Crippen LogP contribution is 2.16. The average Bonchev–Trinajstić information content (AvgIpc) is 2.63. The summed E-state index contributed by atoms with van der Waals surface area (Å²) >= 11 is 1.69. The summed E-state index contributed by atoms with van der Waals surface area (Å²) in [5.74, 6) is 0. The van der Waals surface area contributed by atoms with Crippen molar-refractivity contribution in [3.8, 4) is 0 Å². The summed E-state index contributed by atoms with van der Waals surface area (Å²) in [7, 11) is 1.74. The third-order valence-corrected chi connectivity index (χ3v) is 3.46. The first-order valence-corrected chi connectivity index (χ1v) is 6.13. The lowest BCUT2D eigenvalue weighted by Gasteiger charge is -2.23. The van der Waals surface area contributed by atoms with E-state index in [1.54, 1.807) is 18.4 Å². The molecule has 1 rings (SSSR count). The van der Waals surface area contributed by atoms with E-state index in [4.69, 9.17) is 4.74 Å². The van der Waals surface area contributed by atoms with Gasteiger partial charge in [-0.25, -0.2) is 4.98 Å². The number of methoxy groups -OCH3 is 1. The molecule has 4 heteroatoms. The predicted molar refractivity (Wildman–Crippen MR) is 64.3 cm³/mol. The lowest BCUT2D eigenvalue weighted by molar-refractivity contribution is 0.0850. The van der Waals surface area contributed by atoms with Gasteiger partial charge in [-0.2, -0.15) is 0 Å². The van der Waals surface area contributed by atoms with Gasteiger partial charge in [-0.1, -0.05) is 0 Å². The van der Waals surface area contributed by atoms with E-state index < -0.39 is 0 Å². The van der Waals surface area contributed by atoms with Gasteiger partial charge < -0.3 is 10.1 Å². The van der Waals surface area contributed by atoms with Crippen molar-refractivity contribution in [3.63, 3.8) is 0 Å². The Morgan fingerprint density at radius 1 is 1.40 bits per heavy atom. The zero-order valence-electron chi connectivity index (χ0n) is 10.1. The molecule has 0 radical (unpaired) electrons. The van der Waals surface area contributed by atoms with Crippen LogP contribution in [0.1, 0.15) is 37.5 Å². The van der Waals surface area contributed by atoms with Crippen LogP contribution in [0.2, 0.25) is 0 Å². The Labute approximate surface area is 95.9 Å². The van der Waals surface area contributed by atoms with Gasteiger partial charge in [-0.3, -0.25) is 0 Å². The van der Waals surface area contributed by atoms with Crippen LogP contribution in [0.15, 0.2) is 5.38 Å². The molecule has 1 aromatic heterocycles. The van der Waals surface area contributed by atoms with Gasteiger partial charge in [0.05, 0.1) is 16.8 Å². The standard InChI is InChI=1S/C11H20N2OS/c1-7(9(3)14-5)12-8(2)11-6-15-10(4)13-11/h6-9,12H,1-5H3. The van der Waals surface area contributed by atoms with Crippen LogP contribution in [-0.2, 0) is 4.74 Å². The van der Waals surface area contributed by atoms with Crippen LogP contribution in [0.4, 0.5) is 0 Å².